The van der Waals surface area contributed by atoms with Crippen molar-refractivity contribution >= 4 is 23.3 Å². The molecule has 0 heterocycles. The molecule has 8 heteroatoms. The Morgan fingerprint density at radius 2 is 1.67 bits per heavy atom. The van der Waals surface area contributed by atoms with Crippen LogP contribution in [0.25, 0.3) is 0 Å². The summed E-state index contributed by atoms with van der Waals surface area (Å²) < 4.78 is 33.5. The largest absolute Gasteiger partial charge is 0.449 e. The lowest BCUT2D eigenvalue weighted by Crippen LogP contribution is -2.30. The topological polar surface area (TPSA) is 81.7 Å². The molecule has 6 nitrogen and oxygen atoms in total. The number of nitrogens with one attached hydrogen (secondary N) is 1. The summed E-state index contributed by atoms with van der Waals surface area (Å²) in [6.45, 7) is -0.174. The smallest absolute Gasteiger partial charge is 0.387 e. The molecule has 1 atom stereocenters. The van der Waals surface area contributed by atoms with E-state index in [4.69, 9.17) is 4.74 Å². The van der Waals surface area contributed by atoms with Gasteiger partial charge in [0.25, 0.3) is 5.91 Å². The number of carbonyl (C=O) groups is 3. The summed E-state index contributed by atoms with van der Waals surface area (Å²) in [4.78, 5) is 35.6. The van der Waals surface area contributed by atoms with Crippen molar-refractivity contribution in [1.82, 2.24) is 0 Å². The Hall–Kier alpha value is -3.29. The van der Waals surface area contributed by atoms with E-state index in [1.54, 1.807) is 18.2 Å². The van der Waals surface area contributed by atoms with Gasteiger partial charge < -0.3 is 14.8 Å². The van der Waals surface area contributed by atoms with Gasteiger partial charge in [0.1, 0.15) is 5.75 Å². The van der Waals surface area contributed by atoms with Crippen LogP contribution in [0.2, 0.25) is 0 Å². The monoisotopic (exact) mass is 377 g/mol. The average Bonchev–Trinajstić information content (AvgIpc) is 2.61. The maximum absolute atomic E-state index is 12.2. The first-order valence-corrected chi connectivity index (χ1v) is 7.94. The predicted octanol–water partition coefficient (Wildman–Crippen LogP) is 3.67. The van der Waals surface area contributed by atoms with Crippen LogP contribution in [0.1, 0.15) is 34.6 Å². The predicted molar refractivity (Wildman–Crippen MR) is 93.0 cm³/mol. The number of benzene rings is 2. The molecule has 0 radical (unpaired) electrons. The number of anilines is 1. The maximum Gasteiger partial charge on any atom is 0.387 e. The van der Waals surface area contributed by atoms with Gasteiger partial charge in [0, 0.05) is 11.3 Å². The van der Waals surface area contributed by atoms with Crippen molar-refractivity contribution in [3.8, 4) is 5.75 Å². The summed E-state index contributed by atoms with van der Waals surface area (Å²) in [5.41, 5.74) is 0.905. The number of Topliss-reactive ketones (excluding diaryl/α,β-unsaturated/α-hetero) is 1. The third-order valence-corrected chi connectivity index (χ3v) is 3.50. The molecule has 27 heavy (non-hydrogen) atoms. The Kier molecular flexibility index (Phi) is 6.59. The second kappa shape index (κ2) is 8.88. The normalized spacial score (nSPS) is 11.6. The molecule has 0 aliphatic heterocycles. The molecule has 0 spiro atoms. The van der Waals surface area contributed by atoms with Gasteiger partial charge in [-0.25, -0.2) is 4.79 Å². The highest BCUT2D eigenvalue weighted by molar-refractivity contribution is 5.99. The molecule has 142 valence electrons. The number of hydrogen-bond donors (Lipinski definition) is 1. The lowest BCUT2D eigenvalue weighted by atomic mass is 10.1. The third kappa shape index (κ3) is 5.88. The number of ether oxygens (including phenoxy) is 2. The first-order valence-electron chi connectivity index (χ1n) is 7.94. The second-order valence-corrected chi connectivity index (χ2v) is 5.58. The van der Waals surface area contributed by atoms with E-state index in [0.29, 0.717) is 11.3 Å². The van der Waals surface area contributed by atoms with Crippen LogP contribution >= 0.6 is 0 Å². The van der Waals surface area contributed by atoms with Gasteiger partial charge in [0.05, 0.1) is 5.56 Å². The average molecular weight is 377 g/mol. The summed E-state index contributed by atoms with van der Waals surface area (Å²) in [7, 11) is 0. The molecule has 0 bridgehead atoms. The number of amides is 1. The molecule has 0 aliphatic carbocycles. The molecular weight excluding hydrogens is 360 g/mol. The van der Waals surface area contributed by atoms with E-state index in [-0.39, 0.29) is 17.1 Å². The molecule has 2 rings (SSSR count). The first-order chi connectivity index (χ1) is 12.8. The minimum Gasteiger partial charge on any atom is -0.449 e. The highest BCUT2D eigenvalue weighted by Gasteiger charge is 2.19. The van der Waals surface area contributed by atoms with Gasteiger partial charge in [-0.05, 0) is 50.2 Å². The van der Waals surface area contributed by atoms with E-state index in [1.807, 2.05) is 0 Å². The van der Waals surface area contributed by atoms with Crippen LogP contribution in [0.5, 0.6) is 5.75 Å². The summed E-state index contributed by atoms with van der Waals surface area (Å²) in [6.07, 6.45) is -1.12. The van der Waals surface area contributed by atoms with E-state index in [0.717, 1.165) is 0 Å². The Balaban J connectivity index is 1.96. The summed E-state index contributed by atoms with van der Waals surface area (Å²) in [6, 6.07) is 11.2. The highest BCUT2D eigenvalue weighted by atomic mass is 19.3. The van der Waals surface area contributed by atoms with Crippen LogP contribution in [0, 0.1) is 0 Å². The number of esters is 1. The molecule has 1 N–H and O–H groups in total. The van der Waals surface area contributed by atoms with Crippen LogP contribution < -0.4 is 10.1 Å². The number of halogens is 2. The van der Waals surface area contributed by atoms with Gasteiger partial charge >= 0.3 is 12.6 Å². The molecule has 0 unspecified atom stereocenters. The number of ketones is 1. The van der Waals surface area contributed by atoms with Crippen molar-refractivity contribution in [3.05, 3.63) is 59.7 Å². The van der Waals surface area contributed by atoms with Gasteiger partial charge in [-0.2, -0.15) is 8.78 Å². The molecule has 0 aromatic heterocycles. The highest BCUT2D eigenvalue weighted by Crippen LogP contribution is 2.16. The fraction of sp³-hybridized carbons (Fsp3) is 0.211. The van der Waals surface area contributed by atoms with Crippen LogP contribution in [0.3, 0.4) is 0 Å². The van der Waals surface area contributed by atoms with Crippen LogP contribution in [0.4, 0.5) is 14.5 Å². The van der Waals surface area contributed by atoms with E-state index < -0.39 is 24.6 Å². The van der Waals surface area contributed by atoms with Crippen LogP contribution in [-0.4, -0.2) is 30.4 Å². The lowest BCUT2D eigenvalue weighted by molar-refractivity contribution is -0.123. The zero-order valence-corrected chi connectivity index (χ0v) is 14.6. The van der Waals surface area contributed by atoms with E-state index in [9.17, 15) is 23.2 Å². The van der Waals surface area contributed by atoms with E-state index >= 15 is 0 Å². The zero-order chi connectivity index (χ0) is 20.0. The summed E-state index contributed by atoms with van der Waals surface area (Å²) in [5.74, 6) is -1.62. The van der Waals surface area contributed by atoms with Crippen molar-refractivity contribution in [2.75, 3.05) is 5.32 Å². The third-order valence-electron chi connectivity index (χ3n) is 3.50. The van der Waals surface area contributed by atoms with E-state index in [2.05, 4.69) is 10.1 Å². The van der Waals surface area contributed by atoms with Crippen molar-refractivity contribution in [2.24, 2.45) is 0 Å². The molecule has 1 amide bonds. The molecule has 0 fully saturated rings. The van der Waals surface area contributed by atoms with Gasteiger partial charge in [0.2, 0.25) is 0 Å². The fourth-order valence-electron chi connectivity index (χ4n) is 2.11. The SMILES string of the molecule is CC(=O)c1cccc(NC(=O)[C@@H](C)OC(=O)c2ccc(OC(F)F)cc2)c1. The maximum atomic E-state index is 12.2. The van der Waals surface area contributed by atoms with Crippen LogP contribution in [0.15, 0.2) is 48.5 Å². The van der Waals surface area contributed by atoms with Crippen LogP contribution in [-0.2, 0) is 9.53 Å². The molecule has 2 aromatic rings. The molecule has 2 aromatic carbocycles. The quantitative estimate of drug-likeness (QED) is 0.588. The van der Waals surface area contributed by atoms with Gasteiger partial charge in [-0.3, -0.25) is 9.59 Å². The number of carbonyl (C=O) groups excluding carboxylic acids is 3. The molecular formula is C19H17F2NO5. The zero-order valence-electron chi connectivity index (χ0n) is 14.6. The van der Waals surface area contributed by atoms with Gasteiger partial charge in [0.15, 0.2) is 11.9 Å². The Morgan fingerprint density at radius 1 is 1.00 bits per heavy atom. The fourth-order valence-corrected chi connectivity index (χ4v) is 2.11. The van der Waals surface area contributed by atoms with Crippen molar-refractivity contribution < 1.29 is 32.6 Å². The number of hydrogen-bond acceptors (Lipinski definition) is 5. The van der Waals surface area contributed by atoms with Crippen molar-refractivity contribution in [3.63, 3.8) is 0 Å². The lowest BCUT2D eigenvalue weighted by Gasteiger charge is -2.14. The minimum atomic E-state index is -2.96. The molecule has 0 saturated carbocycles. The Labute approximate surface area is 154 Å². The summed E-state index contributed by atoms with van der Waals surface area (Å²) in [5, 5.41) is 2.55. The Bertz CT molecular complexity index is 836. The van der Waals surface area contributed by atoms with E-state index in [1.165, 1.54) is 44.2 Å². The summed E-state index contributed by atoms with van der Waals surface area (Å²) >= 11 is 0. The molecule has 0 aliphatic rings. The molecule has 0 saturated heterocycles. The minimum absolute atomic E-state index is 0.0786. The van der Waals surface area contributed by atoms with Crippen molar-refractivity contribution in [2.45, 2.75) is 26.6 Å². The number of rotatable bonds is 7. The first kappa shape index (κ1) is 20.0. The second-order valence-electron chi connectivity index (χ2n) is 5.58. The van der Waals surface area contributed by atoms with Gasteiger partial charge in [-0.1, -0.05) is 12.1 Å². The number of alkyl halides is 2. The Morgan fingerprint density at radius 3 is 2.26 bits per heavy atom. The standard InChI is InChI=1S/C19H17F2NO5/c1-11(23)14-4-3-5-15(10-14)22-17(24)12(2)26-18(25)13-6-8-16(9-7-13)27-19(20)21/h3-10,12,19H,1-2H3,(H,22,24)/t12-/m1/s1. The van der Waals surface area contributed by atoms with Crippen molar-refractivity contribution in [1.29, 1.82) is 0 Å². The van der Waals surface area contributed by atoms with Gasteiger partial charge in [-0.15, -0.1) is 0 Å².